The minimum Gasteiger partial charge on any atom is -0.423 e. The number of ether oxygens (including phenoxy) is 1. The fraction of sp³-hybridized carbons (Fsp3) is 0.471. The molecule has 2 heterocycles. The number of rotatable bonds is 2. The minimum absolute atomic E-state index is 0.261. The number of fused-ring (bicyclic) bond motifs is 1. The van der Waals surface area contributed by atoms with Gasteiger partial charge in [-0.05, 0) is 32.9 Å². The summed E-state index contributed by atoms with van der Waals surface area (Å²) in [5.41, 5.74) is 2.66. The molecule has 1 aromatic carbocycles. The Labute approximate surface area is 124 Å². The van der Waals surface area contributed by atoms with Gasteiger partial charge in [-0.15, -0.1) is 0 Å². The van der Waals surface area contributed by atoms with Gasteiger partial charge in [0, 0.05) is 17.0 Å². The molecule has 1 saturated heterocycles. The lowest BCUT2D eigenvalue weighted by Gasteiger charge is -2.32. The highest BCUT2D eigenvalue weighted by molar-refractivity contribution is 5.80. The van der Waals surface area contributed by atoms with E-state index in [1.165, 1.54) is 10.5 Å². The van der Waals surface area contributed by atoms with Crippen molar-refractivity contribution < 1.29 is 14.1 Å². The highest BCUT2D eigenvalue weighted by Gasteiger charge is 2.26. The van der Waals surface area contributed by atoms with Crippen LogP contribution in [0, 0.1) is 6.92 Å². The maximum Gasteiger partial charge on any atom is 0.336 e. The van der Waals surface area contributed by atoms with Gasteiger partial charge in [0.25, 0.3) is 0 Å². The normalized spacial score (nSPS) is 26.1. The van der Waals surface area contributed by atoms with E-state index in [0.717, 1.165) is 30.6 Å². The van der Waals surface area contributed by atoms with Gasteiger partial charge in [-0.3, -0.25) is 0 Å². The second-order valence-corrected chi connectivity index (χ2v) is 6.18. The zero-order valence-corrected chi connectivity index (χ0v) is 12.8. The Balaban J connectivity index is 1.96. The second kappa shape index (κ2) is 5.62. The minimum atomic E-state index is -0.268. The molecule has 1 aliphatic heterocycles. The van der Waals surface area contributed by atoms with Crippen LogP contribution in [0.25, 0.3) is 11.0 Å². The summed E-state index contributed by atoms with van der Waals surface area (Å²) in [5, 5.41) is 1.05. The van der Waals surface area contributed by atoms with E-state index in [2.05, 4.69) is 26.8 Å². The molecule has 2 aromatic rings. The van der Waals surface area contributed by atoms with Crippen LogP contribution >= 0.6 is 0 Å². The first-order valence-electron chi connectivity index (χ1n) is 7.53. The van der Waals surface area contributed by atoms with E-state index in [-0.39, 0.29) is 17.8 Å². The molecule has 4 heteroatoms. The molecule has 0 saturated carbocycles. The Morgan fingerprint density at radius 3 is 2.62 bits per heavy atom. The zero-order valence-electron chi connectivity index (χ0n) is 12.8. The Morgan fingerprint density at radius 2 is 1.90 bits per heavy atom. The molecule has 0 amide bonds. The number of aryl methyl sites for hydroxylation is 1. The average molecular weight is 288 g/mol. The number of nitrogens with one attached hydrogen (secondary N) is 1. The molecule has 4 nitrogen and oxygen atoms in total. The smallest absolute Gasteiger partial charge is 0.336 e. The van der Waals surface area contributed by atoms with Gasteiger partial charge in [-0.2, -0.15) is 0 Å². The molecular formula is C17H22NO3+. The van der Waals surface area contributed by atoms with Gasteiger partial charge in [0.2, 0.25) is 0 Å². The first-order chi connectivity index (χ1) is 10.0. The summed E-state index contributed by atoms with van der Waals surface area (Å²) in [7, 11) is 0. The van der Waals surface area contributed by atoms with Crippen molar-refractivity contribution in [3.8, 4) is 0 Å². The third-order valence-corrected chi connectivity index (χ3v) is 4.04. The van der Waals surface area contributed by atoms with E-state index in [1.807, 2.05) is 12.1 Å². The number of quaternary nitrogens is 1. The molecule has 112 valence electrons. The third kappa shape index (κ3) is 3.17. The van der Waals surface area contributed by atoms with Crippen LogP contribution in [0.15, 0.2) is 33.5 Å². The van der Waals surface area contributed by atoms with Crippen molar-refractivity contribution in [2.24, 2.45) is 0 Å². The van der Waals surface area contributed by atoms with Crippen molar-refractivity contribution in [2.75, 3.05) is 13.1 Å². The average Bonchev–Trinajstić information content (AvgIpc) is 2.38. The first-order valence-corrected chi connectivity index (χ1v) is 7.53. The molecular weight excluding hydrogens is 266 g/mol. The summed E-state index contributed by atoms with van der Waals surface area (Å²) in [6.45, 7) is 9.05. The van der Waals surface area contributed by atoms with Crippen molar-refractivity contribution in [3.63, 3.8) is 0 Å². The zero-order chi connectivity index (χ0) is 15.0. The Kier molecular flexibility index (Phi) is 3.83. The number of morpholine rings is 1. The van der Waals surface area contributed by atoms with E-state index in [9.17, 15) is 4.79 Å². The van der Waals surface area contributed by atoms with Gasteiger partial charge in [-0.1, -0.05) is 11.6 Å². The summed E-state index contributed by atoms with van der Waals surface area (Å²) in [5.74, 6) is 0. The summed E-state index contributed by atoms with van der Waals surface area (Å²) in [6, 6.07) is 7.59. The lowest BCUT2D eigenvalue weighted by atomic mass is 10.1. The lowest BCUT2D eigenvalue weighted by Crippen LogP contribution is -3.14. The van der Waals surface area contributed by atoms with Crippen LogP contribution < -0.4 is 10.5 Å². The second-order valence-electron chi connectivity index (χ2n) is 6.18. The topological polar surface area (TPSA) is 43.9 Å². The fourth-order valence-corrected chi connectivity index (χ4v) is 3.29. The lowest BCUT2D eigenvalue weighted by molar-refractivity contribution is -0.928. The maximum atomic E-state index is 11.8. The Hall–Kier alpha value is -1.65. The molecule has 0 aliphatic carbocycles. The van der Waals surface area contributed by atoms with Gasteiger partial charge < -0.3 is 14.1 Å². The molecule has 21 heavy (non-hydrogen) atoms. The van der Waals surface area contributed by atoms with Gasteiger partial charge in [-0.25, -0.2) is 4.79 Å². The highest BCUT2D eigenvalue weighted by Crippen LogP contribution is 2.18. The maximum absolute atomic E-state index is 11.8. The van der Waals surface area contributed by atoms with Gasteiger partial charge in [0.15, 0.2) is 0 Å². The number of benzene rings is 1. The van der Waals surface area contributed by atoms with Crippen molar-refractivity contribution >= 4 is 11.0 Å². The van der Waals surface area contributed by atoms with Gasteiger partial charge in [0.1, 0.15) is 37.4 Å². The predicted octanol–water partition coefficient (Wildman–Crippen LogP) is 1.29. The van der Waals surface area contributed by atoms with E-state index in [1.54, 1.807) is 6.07 Å². The van der Waals surface area contributed by atoms with E-state index in [4.69, 9.17) is 9.15 Å². The van der Waals surface area contributed by atoms with Crippen LogP contribution in [0.1, 0.15) is 25.0 Å². The Bertz CT molecular complexity index is 697. The molecule has 3 atom stereocenters. The summed E-state index contributed by atoms with van der Waals surface area (Å²) in [4.78, 5) is 13.2. The molecule has 3 rings (SSSR count). The van der Waals surface area contributed by atoms with Crippen LogP contribution in [0.3, 0.4) is 0 Å². The summed E-state index contributed by atoms with van der Waals surface area (Å²) in [6.07, 6.45) is 0.522. The SMILES string of the molecule is Cc1ccc2oc(=O)cc(C[NH+]3C[C@@H](C)O[C@@H](C)C3)c2c1. The van der Waals surface area contributed by atoms with Crippen molar-refractivity contribution in [3.05, 3.63) is 45.8 Å². The predicted molar refractivity (Wildman–Crippen MR) is 81.6 cm³/mol. The largest absolute Gasteiger partial charge is 0.423 e. The molecule has 1 N–H and O–H groups in total. The molecule has 0 bridgehead atoms. The van der Waals surface area contributed by atoms with Gasteiger partial charge >= 0.3 is 5.63 Å². The Morgan fingerprint density at radius 1 is 1.19 bits per heavy atom. The highest BCUT2D eigenvalue weighted by atomic mass is 16.5. The number of hydrogen-bond donors (Lipinski definition) is 1. The van der Waals surface area contributed by atoms with Crippen LogP contribution in [0.5, 0.6) is 0 Å². The quantitative estimate of drug-likeness (QED) is 0.847. The van der Waals surface area contributed by atoms with Gasteiger partial charge in [0.05, 0.1) is 0 Å². The monoisotopic (exact) mass is 288 g/mol. The molecule has 0 spiro atoms. The van der Waals surface area contributed by atoms with E-state index in [0.29, 0.717) is 5.58 Å². The van der Waals surface area contributed by atoms with E-state index >= 15 is 0 Å². The summed E-state index contributed by atoms with van der Waals surface area (Å²) < 4.78 is 11.1. The molecule has 1 aliphatic rings. The van der Waals surface area contributed by atoms with Crippen LogP contribution in [0.2, 0.25) is 0 Å². The molecule has 1 aromatic heterocycles. The first kappa shape index (κ1) is 14.3. The van der Waals surface area contributed by atoms with Crippen LogP contribution in [-0.4, -0.2) is 25.3 Å². The molecule has 0 radical (unpaired) electrons. The van der Waals surface area contributed by atoms with E-state index < -0.39 is 0 Å². The molecule has 1 fully saturated rings. The standard InChI is InChI=1S/C17H21NO3/c1-11-4-5-16-15(6-11)14(7-17(19)21-16)10-18-8-12(2)20-13(3)9-18/h4-7,12-13H,8-10H2,1-3H3/p+1/t12-,13+. The fourth-order valence-electron chi connectivity index (χ4n) is 3.29. The van der Waals surface area contributed by atoms with Crippen LogP contribution in [0.4, 0.5) is 0 Å². The number of hydrogen-bond acceptors (Lipinski definition) is 3. The van der Waals surface area contributed by atoms with Crippen molar-refractivity contribution in [1.29, 1.82) is 0 Å². The van der Waals surface area contributed by atoms with Crippen molar-refractivity contribution in [1.82, 2.24) is 0 Å². The molecule has 1 unspecified atom stereocenters. The van der Waals surface area contributed by atoms with Crippen molar-refractivity contribution in [2.45, 2.75) is 39.5 Å². The summed E-state index contributed by atoms with van der Waals surface area (Å²) >= 11 is 0. The third-order valence-electron chi connectivity index (χ3n) is 4.04. The van der Waals surface area contributed by atoms with Crippen LogP contribution in [-0.2, 0) is 11.3 Å².